The van der Waals surface area contributed by atoms with Crippen LogP contribution < -0.4 is 5.32 Å². The maximum atomic E-state index is 10.7. The van der Waals surface area contributed by atoms with Crippen molar-refractivity contribution in [2.75, 3.05) is 26.4 Å². The van der Waals surface area contributed by atoms with Gasteiger partial charge >= 0.3 is 6.09 Å². The van der Waals surface area contributed by atoms with Crippen LogP contribution in [0.5, 0.6) is 0 Å². The van der Waals surface area contributed by atoms with Crippen LogP contribution in [0.15, 0.2) is 35.2 Å². The van der Waals surface area contributed by atoms with Crippen LogP contribution in [-0.4, -0.2) is 48.5 Å². The molecule has 18 heavy (non-hydrogen) atoms. The molecular weight excluding hydrogens is 248 g/mol. The minimum Gasteiger partial charge on any atom is -0.465 e. The summed E-state index contributed by atoms with van der Waals surface area (Å²) >= 11 is 1.68. The lowest BCUT2D eigenvalue weighted by Crippen LogP contribution is -2.37. The average molecular weight is 268 g/mol. The third-order valence-electron chi connectivity index (χ3n) is 2.45. The third-order valence-corrected chi connectivity index (χ3v) is 3.62. The Bertz CT molecular complexity index is 357. The summed E-state index contributed by atoms with van der Waals surface area (Å²) in [5, 5.41) is 11.4. The SMILES string of the molecule is CN(C)CC[C@H](CSc1ccccc1)NC(=O)O. The van der Waals surface area contributed by atoms with E-state index in [4.69, 9.17) is 5.11 Å². The highest BCUT2D eigenvalue weighted by Crippen LogP contribution is 2.18. The Morgan fingerprint density at radius 3 is 2.61 bits per heavy atom. The topological polar surface area (TPSA) is 52.6 Å². The van der Waals surface area contributed by atoms with E-state index in [9.17, 15) is 4.79 Å². The van der Waals surface area contributed by atoms with Gasteiger partial charge in [0, 0.05) is 16.7 Å². The van der Waals surface area contributed by atoms with Gasteiger partial charge in [-0.3, -0.25) is 0 Å². The smallest absolute Gasteiger partial charge is 0.404 e. The fourth-order valence-corrected chi connectivity index (χ4v) is 2.49. The number of hydrogen-bond acceptors (Lipinski definition) is 3. The molecular formula is C13H20N2O2S. The molecule has 1 aromatic rings. The number of carboxylic acid groups (broad SMARTS) is 1. The first-order valence-corrected chi connectivity index (χ1v) is 6.88. The summed E-state index contributed by atoms with van der Waals surface area (Å²) in [6.45, 7) is 0.875. The van der Waals surface area contributed by atoms with Crippen molar-refractivity contribution >= 4 is 17.9 Å². The van der Waals surface area contributed by atoms with Gasteiger partial charge in [-0.25, -0.2) is 4.79 Å². The van der Waals surface area contributed by atoms with E-state index in [1.54, 1.807) is 11.8 Å². The van der Waals surface area contributed by atoms with Crippen LogP contribution in [-0.2, 0) is 0 Å². The van der Waals surface area contributed by atoms with Crippen LogP contribution in [0.3, 0.4) is 0 Å². The first-order chi connectivity index (χ1) is 8.58. The lowest BCUT2D eigenvalue weighted by molar-refractivity contribution is 0.189. The molecule has 1 amide bonds. The lowest BCUT2D eigenvalue weighted by Gasteiger charge is -2.18. The molecule has 5 heteroatoms. The van der Waals surface area contributed by atoms with E-state index in [2.05, 4.69) is 10.2 Å². The zero-order valence-corrected chi connectivity index (χ0v) is 11.6. The summed E-state index contributed by atoms with van der Waals surface area (Å²) in [5.41, 5.74) is 0. The quantitative estimate of drug-likeness (QED) is 0.745. The Hall–Kier alpha value is -1.20. The number of thioether (sulfide) groups is 1. The molecule has 0 aliphatic heterocycles. The van der Waals surface area contributed by atoms with Gasteiger partial charge in [-0.2, -0.15) is 0 Å². The Morgan fingerprint density at radius 2 is 2.06 bits per heavy atom. The highest BCUT2D eigenvalue weighted by Gasteiger charge is 2.12. The molecule has 2 N–H and O–H groups in total. The van der Waals surface area contributed by atoms with Crippen molar-refractivity contribution in [1.82, 2.24) is 10.2 Å². The summed E-state index contributed by atoms with van der Waals surface area (Å²) in [6.07, 6.45) is -0.133. The summed E-state index contributed by atoms with van der Waals surface area (Å²) in [6, 6.07) is 10.0. The summed E-state index contributed by atoms with van der Waals surface area (Å²) in [4.78, 5) is 14.0. The highest BCUT2D eigenvalue weighted by atomic mass is 32.2. The largest absolute Gasteiger partial charge is 0.465 e. The van der Waals surface area contributed by atoms with Crippen LogP contribution in [0.2, 0.25) is 0 Å². The first-order valence-electron chi connectivity index (χ1n) is 5.90. The Labute approximate surface area is 112 Å². The average Bonchev–Trinajstić information content (AvgIpc) is 2.33. The Balaban J connectivity index is 2.42. The minimum atomic E-state index is -0.951. The van der Waals surface area contributed by atoms with Gasteiger partial charge in [0.1, 0.15) is 0 Å². The zero-order chi connectivity index (χ0) is 13.4. The molecule has 0 aliphatic carbocycles. The minimum absolute atomic E-state index is 0.0184. The second-order valence-electron chi connectivity index (χ2n) is 4.36. The monoisotopic (exact) mass is 268 g/mol. The van der Waals surface area contributed by atoms with Crippen molar-refractivity contribution in [2.45, 2.75) is 17.4 Å². The Morgan fingerprint density at radius 1 is 1.39 bits per heavy atom. The predicted molar refractivity (Wildman–Crippen MR) is 75.3 cm³/mol. The molecule has 0 fully saturated rings. The number of nitrogens with one attached hydrogen (secondary N) is 1. The molecule has 0 unspecified atom stereocenters. The van der Waals surface area contributed by atoms with Gasteiger partial charge in [0.05, 0.1) is 0 Å². The second-order valence-corrected chi connectivity index (χ2v) is 5.46. The fraction of sp³-hybridized carbons (Fsp3) is 0.462. The van der Waals surface area contributed by atoms with Crippen molar-refractivity contribution in [3.05, 3.63) is 30.3 Å². The van der Waals surface area contributed by atoms with E-state index in [0.717, 1.165) is 18.7 Å². The number of amides is 1. The normalized spacial score (nSPS) is 12.4. The van der Waals surface area contributed by atoms with Gasteiger partial charge in [-0.05, 0) is 39.2 Å². The van der Waals surface area contributed by atoms with Gasteiger partial charge < -0.3 is 15.3 Å². The van der Waals surface area contributed by atoms with Crippen LogP contribution >= 0.6 is 11.8 Å². The number of rotatable bonds is 7. The molecule has 4 nitrogen and oxygen atoms in total. The van der Waals surface area contributed by atoms with Crippen molar-refractivity contribution in [1.29, 1.82) is 0 Å². The molecule has 0 saturated carbocycles. The number of benzene rings is 1. The van der Waals surface area contributed by atoms with Gasteiger partial charge in [0.2, 0.25) is 0 Å². The van der Waals surface area contributed by atoms with Crippen molar-refractivity contribution in [3.8, 4) is 0 Å². The fourth-order valence-electron chi connectivity index (χ4n) is 1.50. The van der Waals surface area contributed by atoms with E-state index < -0.39 is 6.09 Å². The molecule has 0 heterocycles. The van der Waals surface area contributed by atoms with Gasteiger partial charge in [0.25, 0.3) is 0 Å². The highest BCUT2D eigenvalue weighted by molar-refractivity contribution is 7.99. The lowest BCUT2D eigenvalue weighted by atomic mass is 10.2. The summed E-state index contributed by atoms with van der Waals surface area (Å²) < 4.78 is 0. The molecule has 0 spiro atoms. The van der Waals surface area contributed by atoms with Gasteiger partial charge in [0.15, 0.2) is 0 Å². The molecule has 1 atom stereocenters. The standard InChI is InChI=1S/C13H20N2O2S/c1-15(2)9-8-11(14-13(16)17)10-18-12-6-4-3-5-7-12/h3-7,11,14H,8-10H2,1-2H3,(H,16,17)/t11-/m1/s1. The number of carbonyl (C=O) groups is 1. The maximum Gasteiger partial charge on any atom is 0.404 e. The molecule has 0 saturated heterocycles. The van der Waals surface area contributed by atoms with Crippen LogP contribution in [0.1, 0.15) is 6.42 Å². The molecule has 0 radical (unpaired) electrons. The zero-order valence-electron chi connectivity index (χ0n) is 10.8. The van der Waals surface area contributed by atoms with Crippen LogP contribution in [0.25, 0.3) is 0 Å². The molecule has 100 valence electrons. The third kappa shape index (κ3) is 6.51. The van der Waals surface area contributed by atoms with E-state index in [-0.39, 0.29) is 6.04 Å². The van der Waals surface area contributed by atoms with E-state index >= 15 is 0 Å². The maximum absolute atomic E-state index is 10.7. The molecule has 0 aliphatic rings. The van der Waals surface area contributed by atoms with E-state index in [0.29, 0.717) is 0 Å². The van der Waals surface area contributed by atoms with Gasteiger partial charge in [-0.1, -0.05) is 18.2 Å². The second kappa shape index (κ2) is 8.00. The van der Waals surface area contributed by atoms with E-state index in [1.807, 2.05) is 44.4 Å². The summed E-state index contributed by atoms with van der Waals surface area (Å²) in [7, 11) is 3.98. The molecule has 0 aromatic heterocycles. The predicted octanol–water partition coefficient (Wildman–Crippen LogP) is 2.37. The van der Waals surface area contributed by atoms with Crippen molar-refractivity contribution < 1.29 is 9.90 Å². The van der Waals surface area contributed by atoms with Gasteiger partial charge in [-0.15, -0.1) is 11.8 Å². The molecule has 0 bridgehead atoms. The number of hydrogen-bond donors (Lipinski definition) is 2. The number of nitrogens with zero attached hydrogens (tertiary/aromatic N) is 1. The van der Waals surface area contributed by atoms with Crippen LogP contribution in [0, 0.1) is 0 Å². The Kier molecular flexibility index (Phi) is 6.60. The molecule has 1 rings (SSSR count). The summed E-state index contributed by atoms with van der Waals surface area (Å²) in [5.74, 6) is 0.754. The van der Waals surface area contributed by atoms with E-state index in [1.165, 1.54) is 4.90 Å². The van der Waals surface area contributed by atoms with Crippen LogP contribution in [0.4, 0.5) is 4.79 Å². The molecule has 1 aromatic carbocycles. The first kappa shape index (κ1) is 14.9. The van der Waals surface area contributed by atoms with Crippen molar-refractivity contribution in [3.63, 3.8) is 0 Å². The van der Waals surface area contributed by atoms with Crippen molar-refractivity contribution in [2.24, 2.45) is 0 Å².